The molecule has 4 heterocycles. The molecule has 0 radical (unpaired) electrons. The molecule has 3 aromatic rings. The third kappa shape index (κ3) is 3.27. The zero-order valence-corrected chi connectivity index (χ0v) is 17.9. The van der Waals surface area contributed by atoms with Gasteiger partial charge in [0, 0.05) is 37.8 Å². The molecule has 1 amide bonds. The van der Waals surface area contributed by atoms with Gasteiger partial charge in [-0.1, -0.05) is 23.7 Å². The lowest BCUT2D eigenvalue weighted by Crippen LogP contribution is -2.49. The van der Waals surface area contributed by atoms with Crippen LogP contribution < -0.4 is 4.74 Å². The number of hydrogen-bond acceptors (Lipinski definition) is 3. The Balaban J connectivity index is 1.50. The van der Waals surface area contributed by atoms with E-state index in [9.17, 15) is 4.79 Å². The molecule has 0 spiro atoms. The minimum absolute atomic E-state index is 0.0211. The van der Waals surface area contributed by atoms with E-state index in [1.165, 1.54) is 0 Å². The van der Waals surface area contributed by atoms with Crippen LogP contribution in [0.1, 0.15) is 46.8 Å². The van der Waals surface area contributed by atoms with Gasteiger partial charge in [0.1, 0.15) is 6.10 Å². The average Bonchev–Trinajstić information content (AvgIpc) is 3.27. The van der Waals surface area contributed by atoms with Gasteiger partial charge >= 0.3 is 0 Å². The van der Waals surface area contributed by atoms with Gasteiger partial charge in [-0.05, 0) is 61.2 Å². The predicted molar refractivity (Wildman–Crippen MR) is 117 cm³/mol. The number of nitrogens with zero attached hydrogens (tertiary/aromatic N) is 3. The van der Waals surface area contributed by atoms with Gasteiger partial charge in [-0.25, -0.2) is 4.68 Å². The summed E-state index contributed by atoms with van der Waals surface area (Å²) in [6.07, 6.45) is 6.20. The standard InChI is InChI=1S/C24H24ClN3O2/c1-15-12-20-8-11-27(15)24(29)21-14-18(16(2)22(25)23(21)30-20)13-17-4-6-19(7-5-17)28-10-3-9-26-28/h3-7,9-10,14-15,20H,8,11-13H2,1-2H3/t15-,20+/m0/s1. The van der Waals surface area contributed by atoms with E-state index < -0.39 is 0 Å². The molecule has 0 unspecified atom stereocenters. The van der Waals surface area contributed by atoms with Gasteiger partial charge in [-0.15, -0.1) is 0 Å². The van der Waals surface area contributed by atoms with E-state index >= 15 is 0 Å². The first-order chi connectivity index (χ1) is 14.5. The molecule has 0 aliphatic carbocycles. The lowest BCUT2D eigenvalue weighted by Gasteiger charge is -2.41. The number of rotatable bonds is 3. The normalized spacial score (nSPS) is 20.5. The van der Waals surface area contributed by atoms with Gasteiger partial charge in [-0.3, -0.25) is 4.79 Å². The molecule has 154 valence electrons. The van der Waals surface area contributed by atoms with E-state index in [4.69, 9.17) is 16.3 Å². The van der Waals surface area contributed by atoms with E-state index in [0.717, 1.165) is 41.8 Å². The van der Waals surface area contributed by atoms with Crippen LogP contribution in [0, 0.1) is 6.92 Å². The molecule has 6 heteroatoms. The van der Waals surface area contributed by atoms with Crippen molar-refractivity contribution in [3.05, 3.63) is 76.1 Å². The van der Waals surface area contributed by atoms with Crippen molar-refractivity contribution in [1.82, 2.24) is 14.7 Å². The summed E-state index contributed by atoms with van der Waals surface area (Å²) in [5, 5.41) is 4.83. The fourth-order valence-corrected chi connectivity index (χ4v) is 4.77. The summed E-state index contributed by atoms with van der Waals surface area (Å²) >= 11 is 6.73. The maximum absolute atomic E-state index is 13.3. The number of benzene rings is 2. The van der Waals surface area contributed by atoms with Crippen molar-refractivity contribution in [1.29, 1.82) is 0 Å². The SMILES string of the molecule is Cc1c(Cc2ccc(-n3cccn3)cc2)cc2c(c1Cl)O[C@@H]1CCN(C2=O)[C@@H](C)C1. The third-order valence-corrected chi connectivity index (χ3v) is 6.73. The number of carbonyl (C=O) groups is 1. The first-order valence-corrected chi connectivity index (χ1v) is 10.8. The first kappa shape index (κ1) is 19.2. The van der Waals surface area contributed by atoms with Crippen molar-refractivity contribution in [2.24, 2.45) is 0 Å². The number of ether oxygens (including phenoxy) is 1. The van der Waals surface area contributed by atoms with Crippen LogP contribution in [-0.2, 0) is 6.42 Å². The van der Waals surface area contributed by atoms with Gasteiger partial charge < -0.3 is 9.64 Å². The Bertz CT molecular complexity index is 1090. The molecule has 1 fully saturated rings. The number of hydrogen-bond donors (Lipinski definition) is 0. The Kier molecular flexibility index (Phi) is 4.78. The minimum atomic E-state index is 0.0211. The fraction of sp³-hybridized carbons (Fsp3) is 0.333. The largest absolute Gasteiger partial charge is 0.488 e. The first-order valence-electron chi connectivity index (χ1n) is 10.4. The van der Waals surface area contributed by atoms with Gasteiger partial charge in [0.15, 0.2) is 5.75 Å². The zero-order valence-electron chi connectivity index (χ0n) is 17.1. The highest BCUT2D eigenvalue weighted by Crippen LogP contribution is 2.40. The number of carbonyl (C=O) groups excluding carboxylic acids is 1. The number of piperidine rings is 1. The van der Waals surface area contributed by atoms with Gasteiger partial charge in [0.25, 0.3) is 5.91 Å². The monoisotopic (exact) mass is 421 g/mol. The minimum Gasteiger partial charge on any atom is -0.488 e. The van der Waals surface area contributed by atoms with Crippen LogP contribution in [0.15, 0.2) is 48.8 Å². The van der Waals surface area contributed by atoms with Crippen LogP contribution in [0.4, 0.5) is 0 Å². The molecule has 1 aromatic heterocycles. The van der Waals surface area contributed by atoms with E-state index in [1.54, 1.807) is 6.20 Å². The lowest BCUT2D eigenvalue weighted by molar-refractivity contribution is 0.0349. The second kappa shape index (κ2) is 7.47. The van der Waals surface area contributed by atoms with Gasteiger partial charge in [0.05, 0.1) is 16.3 Å². The molecule has 2 atom stereocenters. The van der Waals surface area contributed by atoms with E-state index in [-0.39, 0.29) is 18.1 Å². The average molecular weight is 422 g/mol. The number of aromatic nitrogens is 2. The molecular weight excluding hydrogens is 398 g/mol. The summed E-state index contributed by atoms with van der Waals surface area (Å²) < 4.78 is 8.08. The second-order valence-corrected chi connectivity index (χ2v) is 8.63. The van der Waals surface area contributed by atoms with Crippen molar-refractivity contribution in [2.75, 3.05) is 6.54 Å². The topological polar surface area (TPSA) is 47.4 Å². The van der Waals surface area contributed by atoms with E-state index in [2.05, 4.69) is 24.2 Å². The highest BCUT2D eigenvalue weighted by Gasteiger charge is 2.36. The fourth-order valence-electron chi connectivity index (χ4n) is 4.50. The summed E-state index contributed by atoms with van der Waals surface area (Å²) in [4.78, 5) is 15.2. The molecule has 2 bridgehead atoms. The second-order valence-electron chi connectivity index (χ2n) is 8.26. The Morgan fingerprint density at radius 1 is 1.27 bits per heavy atom. The summed E-state index contributed by atoms with van der Waals surface area (Å²) in [6, 6.07) is 12.3. The maximum atomic E-state index is 13.3. The maximum Gasteiger partial charge on any atom is 0.257 e. The molecule has 0 N–H and O–H groups in total. The molecule has 6 rings (SSSR count). The quantitative estimate of drug-likeness (QED) is 0.609. The lowest BCUT2D eigenvalue weighted by atomic mass is 9.93. The number of fused-ring (bicyclic) bond motifs is 2. The van der Waals surface area contributed by atoms with Crippen LogP contribution in [0.2, 0.25) is 5.02 Å². The van der Waals surface area contributed by atoms with Crippen molar-refractivity contribution in [3.8, 4) is 11.4 Å². The van der Waals surface area contributed by atoms with Gasteiger partial charge in [-0.2, -0.15) is 5.10 Å². The summed E-state index contributed by atoms with van der Waals surface area (Å²) in [7, 11) is 0. The van der Waals surface area contributed by atoms with Crippen LogP contribution in [-0.4, -0.2) is 39.3 Å². The molecule has 1 saturated heterocycles. The number of amides is 1. The van der Waals surface area contributed by atoms with E-state index in [1.807, 2.05) is 47.0 Å². The molecule has 5 nitrogen and oxygen atoms in total. The molecular formula is C24H24ClN3O2. The molecule has 3 aliphatic rings. The summed E-state index contributed by atoms with van der Waals surface area (Å²) in [5.41, 5.74) is 4.77. The summed E-state index contributed by atoms with van der Waals surface area (Å²) in [6.45, 7) is 4.83. The van der Waals surface area contributed by atoms with Crippen LogP contribution in [0.25, 0.3) is 5.69 Å². The Hall–Kier alpha value is -2.79. The number of halogens is 1. The smallest absolute Gasteiger partial charge is 0.257 e. The predicted octanol–water partition coefficient (Wildman–Crippen LogP) is 4.81. The molecule has 0 saturated carbocycles. The molecule has 2 aromatic carbocycles. The Labute approximate surface area is 181 Å². The van der Waals surface area contributed by atoms with Crippen molar-refractivity contribution >= 4 is 17.5 Å². The zero-order chi connectivity index (χ0) is 20.8. The van der Waals surface area contributed by atoms with Crippen LogP contribution >= 0.6 is 11.6 Å². The highest BCUT2D eigenvalue weighted by molar-refractivity contribution is 6.33. The third-order valence-electron chi connectivity index (χ3n) is 6.28. The molecule has 30 heavy (non-hydrogen) atoms. The van der Waals surface area contributed by atoms with Crippen LogP contribution in [0.5, 0.6) is 5.75 Å². The molecule has 3 aliphatic heterocycles. The van der Waals surface area contributed by atoms with Crippen molar-refractivity contribution < 1.29 is 9.53 Å². The highest BCUT2D eigenvalue weighted by atomic mass is 35.5. The Morgan fingerprint density at radius 2 is 2.07 bits per heavy atom. The van der Waals surface area contributed by atoms with Gasteiger partial charge in [0.2, 0.25) is 0 Å². The van der Waals surface area contributed by atoms with Crippen molar-refractivity contribution in [2.45, 2.75) is 45.3 Å². The van der Waals surface area contributed by atoms with Crippen LogP contribution in [0.3, 0.4) is 0 Å². The van der Waals surface area contributed by atoms with Crippen molar-refractivity contribution in [3.63, 3.8) is 0 Å². The summed E-state index contributed by atoms with van der Waals surface area (Å²) in [5.74, 6) is 0.575. The Morgan fingerprint density at radius 3 is 2.77 bits per heavy atom. The van der Waals surface area contributed by atoms with E-state index in [0.29, 0.717) is 22.8 Å².